The first-order chi connectivity index (χ1) is 27.7. The Bertz CT molecular complexity index is 916. The Morgan fingerprint density at radius 2 is 0.804 bits per heavy atom. The molecule has 0 rings (SSSR count). The molecule has 0 saturated heterocycles. The number of unbranched alkanes of at least 4 members (excludes halogenated alkanes) is 27. The quantitative estimate of drug-likeness (QED) is 0.0380. The van der Waals surface area contributed by atoms with Crippen molar-refractivity contribution in [2.24, 2.45) is 0 Å². The zero-order valence-electron chi connectivity index (χ0n) is 37.4. The summed E-state index contributed by atoms with van der Waals surface area (Å²) >= 11 is 0. The fraction of sp³-hybridized carbons (Fsp3) is 0.788. The molecule has 0 radical (unpaired) electrons. The van der Waals surface area contributed by atoms with Crippen molar-refractivity contribution in [3.05, 3.63) is 60.8 Å². The third kappa shape index (κ3) is 46.5. The summed E-state index contributed by atoms with van der Waals surface area (Å²) < 4.78 is 11.2. The van der Waals surface area contributed by atoms with Crippen LogP contribution < -0.4 is 0 Å². The van der Waals surface area contributed by atoms with E-state index in [0.29, 0.717) is 19.6 Å². The van der Waals surface area contributed by atoms with Crippen molar-refractivity contribution in [2.75, 3.05) is 19.8 Å². The fourth-order valence-corrected chi connectivity index (χ4v) is 7.00. The summed E-state index contributed by atoms with van der Waals surface area (Å²) in [7, 11) is 0. The molecule has 0 aromatic rings. The van der Waals surface area contributed by atoms with Gasteiger partial charge in [-0.3, -0.25) is 4.79 Å². The van der Waals surface area contributed by atoms with E-state index in [1.807, 2.05) is 0 Å². The summed E-state index contributed by atoms with van der Waals surface area (Å²) in [6.45, 7) is 5.26. The van der Waals surface area contributed by atoms with Gasteiger partial charge in [0.25, 0.3) is 0 Å². The molecule has 0 bridgehead atoms. The first kappa shape index (κ1) is 54.1. The van der Waals surface area contributed by atoms with Crippen molar-refractivity contribution in [1.29, 1.82) is 0 Å². The molecular weight excluding hydrogens is 689 g/mol. The topological polar surface area (TPSA) is 55.8 Å². The number of esters is 1. The number of rotatable bonds is 45. The molecule has 0 aliphatic carbocycles. The van der Waals surface area contributed by atoms with E-state index in [4.69, 9.17) is 9.47 Å². The Labute approximate surface area is 349 Å². The van der Waals surface area contributed by atoms with Gasteiger partial charge in [0, 0.05) is 13.0 Å². The maximum atomic E-state index is 12.3. The maximum Gasteiger partial charge on any atom is 0.306 e. The molecule has 4 heteroatoms. The van der Waals surface area contributed by atoms with E-state index in [2.05, 4.69) is 74.6 Å². The van der Waals surface area contributed by atoms with Crippen LogP contribution in [0.2, 0.25) is 0 Å². The summed E-state index contributed by atoms with van der Waals surface area (Å²) in [5.41, 5.74) is 0. The molecule has 0 aromatic carbocycles. The second-order valence-corrected chi connectivity index (χ2v) is 16.2. The highest BCUT2D eigenvalue weighted by Gasteiger charge is 2.13. The van der Waals surface area contributed by atoms with Gasteiger partial charge in [-0.2, -0.15) is 0 Å². The molecule has 0 heterocycles. The van der Waals surface area contributed by atoms with Gasteiger partial charge in [0.1, 0.15) is 6.10 Å². The number of ether oxygens (including phenoxy) is 2. The van der Waals surface area contributed by atoms with Gasteiger partial charge < -0.3 is 14.6 Å². The Morgan fingerprint density at radius 1 is 0.446 bits per heavy atom. The van der Waals surface area contributed by atoms with Gasteiger partial charge in [0.15, 0.2) is 0 Å². The number of aliphatic hydroxyl groups is 1. The average Bonchev–Trinajstić information content (AvgIpc) is 3.20. The lowest BCUT2D eigenvalue weighted by molar-refractivity contribution is -0.154. The van der Waals surface area contributed by atoms with Crippen molar-refractivity contribution < 1.29 is 19.4 Å². The van der Waals surface area contributed by atoms with E-state index in [1.165, 1.54) is 167 Å². The van der Waals surface area contributed by atoms with Crippen LogP contribution in [0.15, 0.2) is 60.8 Å². The highest BCUT2D eigenvalue weighted by atomic mass is 16.6. The molecular formula is C52H94O4. The molecule has 56 heavy (non-hydrogen) atoms. The minimum Gasteiger partial charge on any atom is -0.457 e. The van der Waals surface area contributed by atoms with Crippen molar-refractivity contribution in [3.8, 4) is 0 Å². The van der Waals surface area contributed by atoms with Gasteiger partial charge in [-0.05, 0) is 57.8 Å². The lowest BCUT2D eigenvalue weighted by Gasteiger charge is -2.16. The normalized spacial score (nSPS) is 12.8. The van der Waals surface area contributed by atoms with Crippen LogP contribution in [0.1, 0.15) is 239 Å². The average molecular weight is 783 g/mol. The number of allylic oxidation sites excluding steroid dienone is 10. The van der Waals surface area contributed by atoms with E-state index in [-0.39, 0.29) is 12.6 Å². The van der Waals surface area contributed by atoms with Gasteiger partial charge in [0.2, 0.25) is 0 Å². The van der Waals surface area contributed by atoms with Crippen LogP contribution in [0.3, 0.4) is 0 Å². The third-order valence-corrected chi connectivity index (χ3v) is 10.6. The van der Waals surface area contributed by atoms with Crippen LogP contribution in [0.25, 0.3) is 0 Å². The predicted molar refractivity (Wildman–Crippen MR) is 246 cm³/mol. The minimum absolute atomic E-state index is 0.173. The van der Waals surface area contributed by atoms with Gasteiger partial charge in [-0.1, -0.05) is 235 Å². The minimum atomic E-state index is -0.538. The van der Waals surface area contributed by atoms with Gasteiger partial charge >= 0.3 is 5.97 Å². The SMILES string of the molecule is CC/C=C\C/C=C\C/C=C\C/C=C\C/C=C\CCCCCCCCCCCC(=O)OC(CO)COCCCCCCCCCCCCCCCCCCCCC. The van der Waals surface area contributed by atoms with E-state index in [0.717, 1.165) is 51.4 Å². The van der Waals surface area contributed by atoms with E-state index in [9.17, 15) is 9.90 Å². The highest BCUT2D eigenvalue weighted by molar-refractivity contribution is 5.69. The third-order valence-electron chi connectivity index (χ3n) is 10.6. The predicted octanol–water partition coefficient (Wildman–Crippen LogP) is 16.4. The first-order valence-corrected chi connectivity index (χ1v) is 24.4. The Balaban J connectivity index is 3.43. The second-order valence-electron chi connectivity index (χ2n) is 16.2. The summed E-state index contributed by atoms with van der Waals surface area (Å²) in [4.78, 5) is 12.3. The number of hydrogen-bond donors (Lipinski definition) is 1. The summed E-state index contributed by atoms with van der Waals surface area (Å²) in [5.74, 6) is -0.205. The molecule has 4 nitrogen and oxygen atoms in total. The molecule has 326 valence electrons. The van der Waals surface area contributed by atoms with Gasteiger partial charge in [-0.25, -0.2) is 0 Å². The second kappa shape index (κ2) is 49.2. The van der Waals surface area contributed by atoms with Crippen LogP contribution in [0.4, 0.5) is 0 Å². The van der Waals surface area contributed by atoms with Gasteiger partial charge in [-0.15, -0.1) is 0 Å². The fourth-order valence-electron chi connectivity index (χ4n) is 7.00. The van der Waals surface area contributed by atoms with E-state index in [1.54, 1.807) is 0 Å². The Morgan fingerprint density at radius 3 is 1.21 bits per heavy atom. The summed E-state index contributed by atoms with van der Waals surface area (Å²) in [6.07, 6.45) is 65.8. The molecule has 1 unspecified atom stereocenters. The van der Waals surface area contributed by atoms with Crippen LogP contribution in [-0.2, 0) is 14.3 Å². The van der Waals surface area contributed by atoms with Crippen LogP contribution >= 0.6 is 0 Å². The van der Waals surface area contributed by atoms with Crippen molar-refractivity contribution in [2.45, 2.75) is 245 Å². The molecule has 0 saturated carbocycles. The molecule has 0 aliphatic heterocycles. The molecule has 1 atom stereocenters. The first-order valence-electron chi connectivity index (χ1n) is 24.4. The monoisotopic (exact) mass is 783 g/mol. The van der Waals surface area contributed by atoms with Crippen molar-refractivity contribution >= 4 is 5.97 Å². The molecule has 0 spiro atoms. The lowest BCUT2D eigenvalue weighted by Crippen LogP contribution is -2.27. The number of hydrogen-bond acceptors (Lipinski definition) is 4. The Kier molecular flexibility index (Phi) is 47.6. The van der Waals surface area contributed by atoms with Crippen LogP contribution in [0, 0.1) is 0 Å². The zero-order chi connectivity index (χ0) is 40.5. The molecule has 0 aliphatic rings. The van der Waals surface area contributed by atoms with E-state index < -0.39 is 6.10 Å². The van der Waals surface area contributed by atoms with Crippen molar-refractivity contribution in [1.82, 2.24) is 0 Å². The lowest BCUT2D eigenvalue weighted by atomic mass is 10.0. The molecule has 0 fully saturated rings. The summed E-state index contributed by atoms with van der Waals surface area (Å²) in [6, 6.07) is 0. The largest absolute Gasteiger partial charge is 0.457 e. The zero-order valence-corrected chi connectivity index (χ0v) is 37.4. The molecule has 0 amide bonds. The number of carbonyl (C=O) groups is 1. The van der Waals surface area contributed by atoms with Crippen LogP contribution in [-0.4, -0.2) is 37.0 Å². The van der Waals surface area contributed by atoms with Crippen LogP contribution in [0.5, 0.6) is 0 Å². The number of carbonyl (C=O) groups excluding carboxylic acids is 1. The Hall–Kier alpha value is -1.91. The number of aliphatic hydroxyl groups excluding tert-OH is 1. The highest BCUT2D eigenvalue weighted by Crippen LogP contribution is 2.15. The smallest absolute Gasteiger partial charge is 0.306 e. The maximum absolute atomic E-state index is 12.3. The standard InChI is InChI=1S/C52H94O4/c1-3-5-7-9-11-13-15-17-19-21-23-24-25-26-27-28-29-31-33-35-37-39-41-43-45-47-52(54)56-51(49-53)50-55-48-46-44-42-40-38-36-34-32-30-22-20-18-16-14-12-10-8-6-4-2/h5,7,11,13,17,19,23-24,26-27,51,53H,3-4,6,8-10,12,14-16,18,20-22,25,28-50H2,1-2H3/b7-5-,13-11-,19-17-,24-23-,27-26-. The molecule has 1 N–H and O–H groups in total. The van der Waals surface area contributed by atoms with Gasteiger partial charge in [0.05, 0.1) is 13.2 Å². The summed E-state index contributed by atoms with van der Waals surface area (Å²) in [5, 5.41) is 9.64. The van der Waals surface area contributed by atoms with E-state index >= 15 is 0 Å². The van der Waals surface area contributed by atoms with Crippen molar-refractivity contribution in [3.63, 3.8) is 0 Å². The molecule has 0 aromatic heterocycles.